The fourth-order valence-electron chi connectivity index (χ4n) is 6.27. The summed E-state index contributed by atoms with van der Waals surface area (Å²) in [5.41, 5.74) is 5.80. The fraction of sp³-hybridized carbons (Fsp3) is 0.182. The first-order valence-corrected chi connectivity index (χ1v) is 14.3. The van der Waals surface area contributed by atoms with Gasteiger partial charge in [-0.3, -0.25) is 4.57 Å². The number of benzene rings is 4. The van der Waals surface area contributed by atoms with E-state index in [1.54, 1.807) is 5.56 Å². The second kappa shape index (κ2) is 8.81. The quantitative estimate of drug-likeness (QED) is 0.240. The number of rotatable bonds is 3. The van der Waals surface area contributed by atoms with Crippen LogP contribution >= 0.6 is 11.8 Å². The number of para-hydroxylation sites is 1. The van der Waals surface area contributed by atoms with Gasteiger partial charge in [-0.2, -0.15) is 9.97 Å². The molecule has 0 amide bonds. The molecule has 1 saturated carbocycles. The van der Waals surface area contributed by atoms with Gasteiger partial charge in [0.05, 0.1) is 11.0 Å². The predicted molar refractivity (Wildman–Crippen MR) is 156 cm³/mol. The van der Waals surface area contributed by atoms with E-state index in [-0.39, 0.29) is 0 Å². The molecule has 1 unspecified atom stereocenters. The molecule has 3 heterocycles. The van der Waals surface area contributed by atoms with Crippen molar-refractivity contribution in [3.8, 4) is 28.7 Å². The molecule has 0 bridgehead atoms. The second-order valence-electron chi connectivity index (χ2n) is 10.3. The van der Waals surface area contributed by atoms with Crippen LogP contribution in [0.1, 0.15) is 37.2 Å². The maximum atomic E-state index is 5.07. The van der Waals surface area contributed by atoms with Crippen LogP contribution in [0.2, 0.25) is 0 Å². The highest BCUT2D eigenvalue weighted by molar-refractivity contribution is 8.00. The zero-order valence-corrected chi connectivity index (χ0v) is 21.7. The fourth-order valence-corrected chi connectivity index (χ4v) is 7.86. The molecule has 1 aliphatic heterocycles. The average molecular weight is 511 g/mol. The largest absolute Gasteiger partial charge is 0.278 e. The second-order valence-corrected chi connectivity index (χ2v) is 11.6. The highest BCUT2D eigenvalue weighted by atomic mass is 32.2. The summed E-state index contributed by atoms with van der Waals surface area (Å²) in [5.74, 6) is 2.70. The van der Waals surface area contributed by atoms with Crippen molar-refractivity contribution in [3.05, 3.63) is 103 Å². The zero-order valence-electron chi connectivity index (χ0n) is 20.9. The molecule has 1 aliphatic carbocycles. The van der Waals surface area contributed by atoms with Crippen molar-refractivity contribution < 1.29 is 0 Å². The first-order valence-electron chi connectivity index (χ1n) is 13.4. The molecule has 0 saturated heterocycles. The van der Waals surface area contributed by atoms with Gasteiger partial charge in [0, 0.05) is 32.0 Å². The van der Waals surface area contributed by atoms with E-state index in [0.29, 0.717) is 23.5 Å². The lowest BCUT2D eigenvalue weighted by molar-refractivity contribution is 0.461. The lowest BCUT2D eigenvalue weighted by atomic mass is 9.83. The first kappa shape index (κ1) is 22.1. The van der Waals surface area contributed by atoms with Gasteiger partial charge in [-0.1, -0.05) is 91.7 Å². The zero-order chi connectivity index (χ0) is 25.1. The summed E-state index contributed by atoms with van der Waals surface area (Å²) < 4.78 is 2.24. The Morgan fingerprint density at radius 1 is 0.632 bits per heavy atom. The molecule has 0 N–H and O–H groups in total. The van der Waals surface area contributed by atoms with E-state index in [0.717, 1.165) is 21.9 Å². The van der Waals surface area contributed by atoms with Crippen LogP contribution in [0.15, 0.2) is 102 Å². The van der Waals surface area contributed by atoms with E-state index in [2.05, 4.69) is 77.0 Å². The molecule has 8 rings (SSSR count). The first-order chi connectivity index (χ1) is 18.8. The van der Waals surface area contributed by atoms with Crippen molar-refractivity contribution in [1.29, 1.82) is 0 Å². The van der Waals surface area contributed by atoms with Crippen molar-refractivity contribution in [2.75, 3.05) is 0 Å². The molecule has 5 heteroatoms. The summed E-state index contributed by atoms with van der Waals surface area (Å²) in [6.45, 7) is 0. The lowest BCUT2D eigenvalue weighted by Gasteiger charge is -2.24. The highest BCUT2D eigenvalue weighted by Gasteiger charge is 2.36. The SMILES string of the molecule is c1ccc(-c2nc(-c3ccccc3)nc(-n3c4ccccc4c4cc5c(cc43)SC3CCCC[C@@H]53)n2)cc1. The van der Waals surface area contributed by atoms with E-state index in [9.17, 15) is 0 Å². The van der Waals surface area contributed by atoms with Gasteiger partial charge in [0.2, 0.25) is 5.95 Å². The van der Waals surface area contributed by atoms with Gasteiger partial charge in [-0.05, 0) is 42.5 Å². The van der Waals surface area contributed by atoms with E-state index in [4.69, 9.17) is 15.0 Å². The van der Waals surface area contributed by atoms with Gasteiger partial charge in [0.25, 0.3) is 0 Å². The van der Waals surface area contributed by atoms with Crippen LogP contribution in [0.3, 0.4) is 0 Å². The monoisotopic (exact) mass is 510 g/mol. The normalized spacial score (nSPS) is 18.5. The van der Waals surface area contributed by atoms with Crippen molar-refractivity contribution >= 4 is 33.6 Å². The van der Waals surface area contributed by atoms with Crippen LogP contribution in [-0.4, -0.2) is 24.8 Å². The molecular weight excluding hydrogens is 484 g/mol. The average Bonchev–Trinajstić information content (AvgIpc) is 3.51. The topological polar surface area (TPSA) is 43.6 Å². The Morgan fingerprint density at radius 2 is 1.29 bits per heavy atom. The Bertz CT molecular complexity index is 1750. The summed E-state index contributed by atoms with van der Waals surface area (Å²) >= 11 is 2.08. The number of aromatic nitrogens is 4. The summed E-state index contributed by atoms with van der Waals surface area (Å²) in [5, 5.41) is 3.25. The third-order valence-electron chi connectivity index (χ3n) is 8.07. The standard InChI is InChI=1S/C33H26N4S/c1-3-11-21(12-4-1)31-34-32(22-13-5-2-6-14-22)36-33(35-31)37-27-17-9-7-15-23(27)25-19-26-24-16-8-10-18-29(24)38-30(26)20-28(25)37/h1-7,9,11-15,17,19-20,24,29H,8,10,16,18H2/t24-,29?/m0/s1. The van der Waals surface area contributed by atoms with Crippen LogP contribution in [0.5, 0.6) is 0 Å². The van der Waals surface area contributed by atoms with E-state index >= 15 is 0 Å². The minimum absolute atomic E-state index is 0.657. The summed E-state index contributed by atoms with van der Waals surface area (Å²) in [6, 6.07) is 33.9. The Labute approximate surface area is 225 Å². The van der Waals surface area contributed by atoms with Gasteiger partial charge < -0.3 is 0 Å². The molecular formula is C33H26N4S. The van der Waals surface area contributed by atoms with Crippen LogP contribution in [0.4, 0.5) is 0 Å². The van der Waals surface area contributed by atoms with Crippen molar-refractivity contribution in [1.82, 2.24) is 19.5 Å². The Balaban J connectivity index is 1.41. The van der Waals surface area contributed by atoms with Gasteiger partial charge in [0.1, 0.15) is 0 Å². The molecule has 38 heavy (non-hydrogen) atoms. The predicted octanol–water partition coefficient (Wildman–Crippen LogP) is 8.43. The Kier molecular flexibility index (Phi) is 5.12. The molecule has 4 nitrogen and oxygen atoms in total. The van der Waals surface area contributed by atoms with Crippen LogP contribution in [0, 0.1) is 0 Å². The van der Waals surface area contributed by atoms with E-state index < -0.39 is 0 Å². The summed E-state index contributed by atoms with van der Waals surface area (Å²) in [6.07, 6.45) is 5.33. The van der Waals surface area contributed by atoms with Crippen LogP contribution < -0.4 is 0 Å². The minimum atomic E-state index is 0.657. The number of nitrogens with zero attached hydrogens (tertiary/aromatic N) is 4. The lowest BCUT2D eigenvalue weighted by Crippen LogP contribution is -2.14. The molecule has 6 aromatic rings. The molecule has 2 aromatic heterocycles. The molecule has 0 radical (unpaired) electrons. The third kappa shape index (κ3) is 3.49. The number of thioether (sulfide) groups is 1. The molecule has 4 aromatic carbocycles. The van der Waals surface area contributed by atoms with Crippen molar-refractivity contribution in [2.24, 2.45) is 0 Å². The van der Waals surface area contributed by atoms with Gasteiger partial charge >= 0.3 is 0 Å². The van der Waals surface area contributed by atoms with Gasteiger partial charge in [0.15, 0.2) is 11.6 Å². The maximum absolute atomic E-state index is 5.07. The van der Waals surface area contributed by atoms with Crippen molar-refractivity contribution in [3.63, 3.8) is 0 Å². The smallest absolute Gasteiger partial charge is 0.238 e. The van der Waals surface area contributed by atoms with Crippen molar-refractivity contribution in [2.45, 2.75) is 41.7 Å². The number of fused-ring (bicyclic) bond motifs is 6. The van der Waals surface area contributed by atoms with E-state index in [1.165, 1.54) is 46.9 Å². The molecule has 2 atom stereocenters. The summed E-state index contributed by atoms with van der Waals surface area (Å²) in [7, 11) is 0. The maximum Gasteiger partial charge on any atom is 0.238 e. The molecule has 2 aliphatic rings. The molecule has 184 valence electrons. The number of hydrogen-bond donors (Lipinski definition) is 0. The highest BCUT2D eigenvalue weighted by Crippen LogP contribution is 2.53. The van der Waals surface area contributed by atoms with Gasteiger partial charge in [-0.25, -0.2) is 4.98 Å². The van der Waals surface area contributed by atoms with Crippen LogP contribution in [-0.2, 0) is 0 Å². The summed E-state index contributed by atoms with van der Waals surface area (Å²) in [4.78, 5) is 16.5. The van der Waals surface area contributed by atoms with E-state index in [1.807, 2.05) is 36.4 Å². The molecule has 0 spiro atoms. The number of hydrogen-bond acceptors (Lipinski definition) is 4. The van der Waals surface area contributed by atoms with Gasteiger partial charge in [-0.15, -0.1) is 11.8 Å². The Hall–Kier alpha value is -3.96. The molecule has 1 fully saturated rings. The van der Waals surface area contributed by atoms with Crippen LogP contribution in [0.25, 0.3) is 50.5 Å². The minimum Gasteiger partial charge on any atom is -0.278 e. The Morgan fingerprint density at radius 3 is 2.03 bits per heavy atom. The third-order valence-corrected chi connectivity index (χ3v) is 9.55.